The summed E-state index contributed by atoms with van der Waals surface area (Å²) >= 11 is 0. The van der Waals surface area contributed by atoms with Gasteiger partial charge in [-0.15, -0.1) is 0 Å². The number of hydrogen-bond donors (Lipinski definition) is 3. The van der Waals surface area contributed by atoms with Crippen molar-refractivity contribution in [3.8, 4) is 17.2 Å². The van der Waals surface area contributed by atoms with E-state index in [1.165, 1.54) is 6.20 Å². The molecule has 0 saturated carbocycles. The number of pyridine rings is 1. The van der Waals surface area contributed by atoms with Gasteiger partial charge in [0.15, 0.2) is 11.5 Å². The zero-order chi connectivity index (χ0) is 29.5. The molecule has 2 aliphatic heterocycles. The molecule has 42 heavy (non-hydrogen) atoms. The molecule has 0 unspecified atom stereocenters. The van der Waals surface area contributed by atoms with Gasteiger partial charge in [0.25, 0.3) is 5.91 Å². The maximum absolute atomic E-state index is 12.9. The summed E-state index contributed by atoms with van der Waals surface area (Å²) in [5.74, 6) is 1.27. The molecule has 2 aromatic carbocycles. The van der Waals surface area contributed by atoms with Crippen molar-refractivity contribution in [2.75, 3.05) is 50.2 Å². The Balaban J connectivity index is 1.26. The summed E-state index contributed by atoms with van der Waals surface area (Å²) in [5.41, 5.74) is 3.26. The van der Waals surface area contributed by atoms with Crippen LogP contribution in [0.4, 0.5) is 20.7 Å². The van der Waals surface area contributed by atoms with Gasteiger partial charge >= 0.3 is 6.03 Å². The van der Waals surface area contributed by atoms with Crippen molar-refractivity contribution in [3.05, 3.63) is 71.4 Å². The van der Waals surface area contributed by atoms with Crippen molar-refractivity contribution in [1.29, 1.82) is 0 Å². The number of aliphatic hydroxyl groups is 1. The second-order valence-electron chi connectivity index (χ2n) is 10.4. The summed E-state index contributed by atoms with van der Waals surface area (Å²) in [6.45, 7) is 2.67. The Hall–Kier alpha value is -4.22. The van der Waals surface area contributed by atoms with Gasteiger partial charge in [0.2, 0.25) is 0 Å². The highest BCUT2D eigenvalue weighted by Gasteiger charge is 2.27. The summed E-state index contributed by atoms with van der Waals surface area (Å²) in [5, 5.41) is 15.2. The highest BCUT2D eigenvalue weighted by atomic mass is 19.1. The number of halogens is 1. The molecule has 3 heterocycles. The predicted molar refractivity (Wildman–Crippen MR) is 157 cm³/mol. The number of carbonyl (C=O) groups excluding carboxylic acids is 2. The molecular weight excluding hydrogens is 541 g/mol. The fourth-order valence-corrected chi connectivity index (χ4v) is 5.13. The number of fused-ring (bicyclic) bond motifs is 1. The summed E-state index contributed by atoms with van der Waals surface area (Å²) < 4.78 is 24.7. The number of amides is 3. The molecule has 2 aliphatic rings. The number of carbonyl (C=O) groups is 2. The molecule has 1 fully saturated rings. The van der Waals surface area contributed by atoms with E-state index in [2.05, 4.69) is 20.5 Å². The Bertz CT molecular complexity index is 1390. The van der Waals surface area contributed by atoms with E-state index in [1.54, 1.807) is 42.3 Å². The van der Waals surface area contributed by atoms with Crippen LogP contribution in [0.2, 0.25) is 0 Å². The average molecular weight is 578 g/mol. The number of aliphatic hydroxyl groups excluding tert-OH is 1. The molecule has 5 rings (SSSR count). The van der Waals surface area contributed by atoms with Crippen LogP contribution in [-0.4, -0.2) is 73.0 Å². The van der Waals surface area contributed by atoms with Gasteiger partial charge in [-0.1, -0.05) is 12.1 Å². The molecule has 3 aromatic rings. The SMILES string of the molecule is CNC(=O)N1CCc2cc(Oc3ccnc(NC(=O)c4ccc(CN5CCC(O)CC5)cc4)c3)c(OCCCF)cc21. The highest BCUT2D eigenvalue weighted by molar-refractivity contribution is 6.03. The first-order chi connectivity index (χ1) is 20.4. The number of alkyl halides is 1. The quantitative estimate of drug-likeness (QED) is 0.304. The van der Waals surface area contributed by atoms with Crippen LogP contribution < -0.4 is 25.0 Å². The van der Waals surface area contributed by atoms with Crippen molar-refractivity contribution in [1.82, 2.24) is 15.2 Å². The van der Waals surface area contributed by atoms with Crippen molar-refractivity contribution in [3.63, 3.8) is 0 Å². The minimum atomic E-state index is -0.509. The van der Waals surface area contributed by atoms with E-state index < -0.39 is 6.67 Å². The van der Waals surface area contributed by atoms with Crippen LogP contribution in [-0.2, 0) is 13.0 Å². The summed E-state index contributed by atoms with van der Waals surface area (Å²) in [6.07, 6.45) is 3.78. The van der Waals surface area contributed by atoms with Gasteiger partial charge in [0.05, 0.1) is 25.1 Å². The third-order valence-corrected chi connectivity index (χ3v) is 7.42. The molecule has 10 nitrogen and oxygen atoms in total. The van der Waals surface area contributed by atoms with Gasteiger partial charge in [-0.25, -0.2) is 9.78 Å². The second kappa shape index (κ2) is 13.6. The largest absolute Gasteiger partial charge is 0.489 e. The molecule has 0 radical (unpaired) electrons. The zero-order valence-corrected chi connectivity index (χ0v) is 23.6. The number of nitrogens with one attached hydrogen (secondary N) is 2. The first kappa shape index (κ1) is 29.3. The van der Waals surface area contributed by atoms with Gasteiger partial charge in [-0.2, -0.15) is 0 Å². The Morgan fingerprint density at radius 2 is 1.86 bits per heavy atom. The molecule has 3 amide bonds. The van der Waals surface area contributed by atoms with E-state index in [0.717, 1.165) is 49.3 Å². The normalized spacial score (nSPS) is 15.3. The number of benzene rings is 2. The summed E-state index contributed by atoms with van der Waals surface area (Å²) in [4.78, 5) is 33.4. The molecule has 0 spiro atoms. The molecule has 222 valence electrons. The highest BCUT2D eigenvalue weighted by Crippen LogP contribution is 2.41. The number of ether oxygens (including phenoxy) is 2. The van der Waals surface area contributed by atoms with E-state index in [4.69, 9.17) is 9.47 Å². The van der Waals surface area contributed by atoms with E-state index in [0.29, 0.717) is 41.6 Å². The Kier molecular flexibility index (Phi) is 9.50. The maximum atomic E-state index is 12.9. The Morgan fingerprint density at radius 3 is 2.60 bits per heavy atom. The predicted octanol–water partition coefficient (Wildman–Crippen LogP) is 4.52. The third kappa shape index (κ3) is 7.15. The molecular formula is C31H36FN5O5. The van der Waals surface area contributed by atoms with Gasteiger partial charge in [0.1, 0.15) is 11.6 Å². The lowest BCUT2D eigenvalue weighted by Crippen LogP contribution is -2.36. The van der Waals surface area contributed by atoms with Crippen molar-refractivity contribution >= 4 is 23.4 Å². The standard InChI is InChI=1S/C31H36FN5O5/c1-33-31(40)37-15-8-23-17-28(27(19-26(23)37)41-16-2-11-32)42-25-7-12-34-29(18-25)35-30(39)22-5-3-21(4-6-22)20-36-13-9-24(38)10-14-36/h3-7,12,17-19,24,38H,2,8-11,13-16,20H2,1H3,(H,33,40)(H,34,35,39). The number of rotatable bonds is 10. The van der Waals surface area contributed by atoms with E-state index in [-0.39, 0.29) is 31.1 Å². The molecule has 3 N–H and O–H groups in total. The smallest absolute Gasteiger partial charge is 0.321 e. The Labute approximate surface area is 244 Å². The number of likely N-dealkylation sites (tertiary alicyclic amines) is 1. The fourth-order valence-electron chi connectivity index (χ4n) is 5.13. The first-order valence-corrected chi connectivity index (χ1v) is 14.2. The monoisotopic (exact) mass is 577 g/mol. The third-order valence-electron chi connectivity index (χ3n) is 7.42. The van der Waals surface area contributed by atoms with Crippen LogP contribution in [0, 0.1) is 0 Å². The number of hydrogen-bond acceptors (Lipinski definition) is 7. The number of aromatic nitrogens is 1. The van der Waals surface area contributed by atoms with Crippen LogP contribution in [0.5, 0.6) is 17.2 Å². The lowest BCUT2D eigenvalue weighted by Gasteiger charge is -2.29. The van der Waals surface area contributed by atoms with Gasteiger partial charge in [0, 0.05) is 63.5 Å². The molecule has 11 heteroatoms. The molecule has 0 bridgehead atoms. The second-order valence-corrected chi connectivity index (χ2v) is 10.4. The van der Waals surface area contributed by atoms with E-state index in [9.17, 15) is 19.1 Å². The van der Waals surface area contributed by atoms with Crippen LogP contribution in [0.15, 0.2) is 54.7 Å². The van der Waals surface area contributed by atoms with Crippen molar-refractivity contribution < 1.29 is 28.6 Å². The fraction of sp³-hybridized carbons (Fsp3) is 0.387. The van der Waals surface area contributed by atoms with E-state index in [1.807, 2.05) is 18.2 Å². The minimum Gasteiger partial charge on any atom is -0.489 e. The van der Waals surface area contributed by atoms with Crippen LogP contribution >= 0.6 is 0 Å². The van der Waals surface area contributed by atoms with Crippen LogP contribution in [0.3, 0.4) is 0 Å². The van der Waals surface area contributed by atoms with Gasteiger partial charge < -0.3 is 25.2 Å². The number of urea groups is 1. The molecule has 0 aliphatic carbocycles. The molecule has 1 aromatic heterocycles. The van der Waals surface area contributed by atoms with Crippen LogP contribution in [0.25, 0.3) is 0 Å². The number of anilines is 2. The maximum Gasteiger partial charge on any atom is 0.321 e. The van der Waals surface area contributed by atoms with Crippen molar-refractivity contribution in [2.24, 2.45) is 0 Å². The topological polar surface area (TPSA) is 116 Å². The average Bonchev–Trinajstić information content (AvgIpc) is 3.41. The van der Waals surface area contributed by atoms with Gasteiger partial charge in [-0.3, -0.25) is 19.0 Å². The molecule has 1 saturated heterocycles. The lowest BCUT2D eigenvalue weighted by atomic mass is 10.1. The summed E-state index contributed by atoms with van der Waals surface area (Å²) in [7, 11) is 1.58. The number of piperidine rings is 1. The van der Waals surface area contributed by atoms with Gasteiger partial charge in [-0.05, 0) is 54.7 Å². The summed E-state index contributed by atoms with van der Waals surface area (Å²) in [6, 6.07) is 14.1. The van der Waals surface area contributed by atoms with E-state index >= 15 is 0 Å². The van der Waals surface area contributed by atoms with Crippen molar-refractivity contribution in [2.45, 2.75) is 38.3 Å². The molecule has 0 atom stereocenters. The van der Waals surface area contributed by atoms with Crippen LogP contribution in [0.1, 0.15) is 40.7 Å². The lowest BCUT2D eigenvalue weighted by molar-refractivity contribution is 0.0792. The Morgan fingerprint density at radius 1 is 1.07 bits per heavy atom. The minimum absolute atomic E-state index is 0.156. The zero-order valence-electron chi connectivity index (χ0n) is 23.6. The first-order valence-electron chi connectivity index (χ1n) is 14.2. The number of nitrogens with zero attached hydrogens (tertiary/aromatic N) is 3.